The lowest BCUT2D eigenvalue weighted by Gasteiger charge is -2.39. The first-order chi connectivity index (χ1) is 9.97. The van der Waals surface area contributed by atoms with E-state index in [1.165, 1.54) is 11.0 Å². The minimum absolute atomic E-state index is 0.103. The molecule has 1 saturated heterocycles. The highest BCUT2D eigenvalue weighted by Crippen LogP contribution is 2.35. The van der Waals surface area contributed by atoms with Crippen molar-refractivity contribution in [2.75, 3.05) is 20.1 Å². The van der Waals surface area contributed by atoms with Gasteiger partial charge in [0.1, 0.15) is 5.56 Å². The van der Waals surface area contributed by atoms with E-state index in [9.17, 15) is 14.3 Å². The molecule has 21 heavy (non-hydrogen) atoms. The van der Waals surface area contributed by atoms with E-state index in [4.69, 9.17) is 11.6 Å². The number of aliphatic hydroxyl groups is 1. The summed E-state index contributed by atoms with van der Waals surface area (Å²) in [5.74, 6) is -0.585. The number of nitrogens with zero attached hydrogens (tertiary/aromatic N) is 2. The van der Waals surface area contributed by atoms with E-state index >= 15 is 0 Å². The average molecular weight is 315 g/mol. The maximum Gasteiger partial charge on any atom is 0.254 e. The molecule has 0 aromatic heterocycles. The second-order valence-corrected chi connectivity index (χ2v) is 6.65. The zero-order valence-electron chi connectivity index (χ0n) is 12.1. The van der Waals surface area contributed by atoms with E-state index in [2.05, 4.69) is 0 Å². The monoisotopic (exact) mass is 314 g/mol. The summed E-state index contributed by atoms with van der Waals surface area (Å²) < 4.78 is 13.8. The third-order valence-corrected chi connectivity index (χ3v) is 5.20. The van der Waals surface area contributed by atoms with Crippen molar-refractivity contribution in [3.8, 4) is 0 Å². The predicted molar refractivity (Wildman–Crippen MR) is 78.2 cm³/mol. The summed E-state index contributed by atoms with van der Waals surface area (Å²) in [4.78, 5) is 16.1. The van der Waals surface area contributed by atoms with Gasteiger partial charge in [0.05, 0.1) is 0 Å². The Hall–Kier alpha value is -1.07. The zero-order chi connectivity index (χ0) is 15.1. The molecule has 4 nitrogen and oxygen atoms in total. The molecule has 1 N–H and O–H groups in total. The van der Waals surface area contributed by atoms with Crippen LogP contribution in [0.25, 0.3) is 0 Å². The molecule has 0 aromatic carbocycles. The third kappa shape index (κ3) is 2.69. The van der Waals surface area contributed by atoms with Crippen molar-refractivity contribution < 1.29 is 14.3 Å². The molecule has 0 spiro atoms. The second-order valence-electron chi connectivity index (χ2n) is 6.20. The van der Waals surface area contributed by atoms with Crippen LogP contribution in [0.4, 0.5) is 4.39 Å². The van der Waals surface area contributed by atoms with Crippen molar-refractivity contribution in [2.45, 2.75) is 37.3 Å². The fourth-order valence-corrected chi connectivity index (χ4v) is 3.73. The van der Waals surface area contributed by atoms with Gasteiger partial charge in [-0.1, -0.05) is 11.6 Å². The standard InChI is InChI=1S/C15H20ClFN2O2/c1-18-7-9-2-4-11-5-3-10(14(16)20)8-19(11)15(21)12(9)6-13(18)17/h6,10-11,14,20H,2-5,7-8H2,1H3. The minimum Gasteiger partial charge on any atom is -0.377 e. The number of hydrogen-bond donors (Lipinski definition) is 1. The van der Waals surface area contributed by atoms with Gasteiger partial charge in [0.2, 0.25) is 0 Å². The first-order valence-corrected chi connectivity index (χ1v) is 7.84. The normalized spacial score (nSPS) is 31.4. The topological polar surface area (TPSA) is 43.8 Å². The lowest BCUT2D eigenvalue weighted by Crippen LogP contribution is -2.48. The summed E-state index contributed by atoms with van der Waals surface area (Å²) in [6.45, 7) is 0.932. The van der Waals surface area contributed by atoms with Gasteiger partial charge in [-0.05, 0) is 31.3 Å². The van der Waals surface area contributed by atoms with Crippen molar-refractivity contribution in [1.29, 1.82) is 0 Å². The Morgan fingerprint density at radius 1 is 1.43 bits per heavy atom. The third-order valence-electron chi connectivity index (χ3n) is 4.84. The molecule has 3 aliphatic rings. The molecule has 116 valence electrons. The van der Waals surface area contributed by atoms with Crippen LogP contribution in [0.5, 0.6) is 0 Å². The van der Waals surface area contributed by atoms with E-state index in [-0.39, 0.29) is 23.8 Å². The number of carbonyl (C=O) groups excluding carboxylic acids is 1. The Kier molecular flexibility index (Phi) is 3.97. The smallest absolute Gasteiger partial charge is 0.254 e. The largest absolute Gasteiger partial charge is 0.377 e. The molecule has 1 fully saturated rings. The molecule has 0 saturated carbocycles. The highest BCUT2D eigenvalue weighted by molar-refractivity contribution is 6.19. The number of piperidine rings is 1. The molecule has 0 aromatic rings. The van der Waals surface area contributed by atoms with Crippen LogP contribution in [-0.2, 0) is 4.79 Å². The average Bonchev–Trinajstić information content (AvgIpc) is 2.58. The Labute approximate surface area is 128 Å². The highest BCUT2D eigenvalue weighted by atomic mass is 35.5. The van der Waals surface area contributed by atoms with Gasteiger partial charge < -0.3 is 14.9 Å². The molecule has 3 heterocycles. The molecule has 0 aliphatic carbocycles. The van der Waals surface area contributed by atoms with Crippen LogP contribution in [0.3, 0.4) is 0 Å². The summed E-state index contributed by atoms with van der Waals surface area (Å²) in [6, 6.07) is 0.177. The van der Waals surface area contributed by atoms with Gasteiger partial charge in [-0.2, -0.15) is 4.39 Å². The van der Waals surface area contributed by atoms with Crippen molar-refractivity contribution in [3.63, 3.8) is 0 Å². The SMILES string of the molecule is CN1CC2=C(C=C1F)C(=O)N1CC(C(O)Cl)CCC1CC2. The fourth-order valence-electron chi connectivity index (χ4n) is 3.53. The Morgan fingerprint density at radius 3 is 2.90 bits per heavy atom. The molecule has 1 amide bonds. The van der Waals surface area contributed by atoms with Crippen molar-refractivity contribution in [3.05, 3.63) is 23.2 Å². The van der Waals surface area contributed by atoms with Crippen LogP contribution in [0, 0.1) is 5.92 Å². The summed E-state index contributed by atoms with van der Waals surface area (Å²) in [5.41, 5.74) is 0.583. The Balaban J connectivity index is 1.88. The maximum atomic E-state index is 13.8. The lowest BCUT2D eigenvalue weighted by atomic mass is 9.91. The van der Waals surface area contributed by atoms with Crippen LogP contribution >= 0.6 is 11.6 Å². The lowest BCUT2D eigenvalue weighted by molar-refractivity contribution is -0.132. The molecule has 0 bridgehead atoms. The van der Waals surface area contributed by atoms with Crippen molar-refractivity contribution in [2.24, 2.45) is 5.92 Å². The quantitative estimate of drug-likeness (QED) is 0.595. The number of alkyl halides is 1. The Morgan fingerprint density at radius 2 is 2.19 bits per heavy atom. The van der Waals surface area contributed by atoms with Crippen LogP contribution in [0.2, 0.25) is 0 Å². The van der Waals surface area contributed by atoms with E-state index in [1.54, 1.807) is 11.9 Å². The first-order valence-electron chi connectivity index (χ1n) is 7.41. The summed E-state index contributed by atoms with van der Waals surface area (Å²) >= 11 is 5.78. The number of likely N-dealkylation sites (N-methyl/N-ethyl adjacent to an activating group) is 1. The minimum atomic E-state index is -0.930. The van der Waals surface area contributed by atoms with Crippen molar-refractivity contribution >= 4 is 17.5 Å². The predicted octanol–water partition coefficient (Wildman–Crippen LogP) is 2.00. The molecule has 0 radical (unpaired) electrons. The number of carbonyl (C=O) groups is 1. The highest BCUT2D eigenvalue weighted by Gasteiger charge is 2.38. The number of amides is 1. The van der Waals surface area contributed by atoms with Gasteiger partial charge in [-0.3, -0.25) is 4.79 Å². The van der Waals surface area contributed by atoms with E-state index in [0.717, 1.165) is 31.3 Å². The number of aliphatic hydroxyl groups excluding tert-OH is 1. The van der Waals surface area contributed by atoms with Gasteiger partial charge in [0.15, 0.2) is 5.95 Å². The first kappa shape index (κ1) is 14.9. The summed E-state index contributed by atoms with van der Waals surface area (Å²) in [7, 11) is 1.69. The van der Waals surface area contributed by atoms with Gasteiger partial charge in [-0.15, -0.1) is 0 Å². The van der Waals surface area contributed by atoms with Crippen LogP contribution in [0.1, 0.15) is 25.7 Å². The molecular formula is C15H20ClFN2O2. The summed E-state index contributed by atoms with van der Waals surface area (Å²) in [6.07, 6.45) is 4.75. The van der Waals surface area contributed by atoms with Gasteiger partial charge in [-0.25, -0.2) is 0 Å². The van der Waals surface area contributed by atoms with Gasteiger partial charge >= 0.3 is 0 Å². The van der Waals surface area contributed by atoms with Crippen LogP contribution < -0.4 is 0 Å². The number of halogens is 2. The number of hydrogen-bond acceptors (Lipinski definition) is 3. The number of fused-ring (bicyclic) bond motifs is 1. The zero-order valence-corrected chi connectivity index (χ0v) is 12.8. The molecule has 3 atom stereocenters. The molecule has 6 heteroatoms. The van der Waals surface area contributed by atoms with E-state index in [1.807, 2.05) is 0 Å². The van der Waals surface area contributed by atoms with Crippen LogP contribution in [0.15, 0.2) is 23.2 Å². The molecule has 3 unspecified atom stereocenters. The van der Waals surface area contributed by atoms with Gasteiger partial charge in [0.25, 0.3) is 5.91 Å². The second kappa shape index (κ2) is 5.61. The fraction of sp³-hybridized carbons (Fsp3) is 0.667. The summed E-state index contributed by atoms with van der Waals surface area (Å²) in [5, 5.41) is 9.57. The van der Waals surface area contributed by atoms with E-state index < -0.39 is 5.56 Å². The molecule has 3 aliphatic heterocycles. The molecule has 3 rings (SSSR count). The molecular weight excluding hydrogens is 295 g/mol. The maximum absolute atomic E-state index is 13.8. The van der Waals surface area contributed by atoms with Gasteiger partial charge in [0, 0.05) is 43.7 Å². The number of rotatable bonds is 1. The van der Waals surface area contributed by atoms with Crippen LogP contribution in [-0.4, -0.2) is 52.6 Å². The van der Waals surface area contributed by atoms with Crippen molar-refractivity contribution in [1.82, 2.24) is 9.80 Å². The van der Waals surface area contributed by atoms with E-state index in [0.29, 0.717) is 18.7 Å². The Bertz CT molecular complexity index is 518.